The molecule has 1 aromatic heterocycles. The number of likely N-dealkylation sites (N-methyl/N-ethyl adjacent to an activating group) is 1. The quantitative estimate of drug-likeness (QED) is 0.786. The molecule has 1 heterocycles. The first-order chi connectivity index (χ1) is 9.95. The fraction of sp³-hybridized carbons (Fsp3) is 0.333. The number of aryl methyl sites for hydroxylation is 1. The summed E-state index contributed by atoms with van der Waals surface area (Å²) < 4.78 is 1.77. The summed E-state index contributed by atoms with van der Waals surface area (Å²) in [5, 5.41) is 14.4. The molecule has 0 aliphatic carbocycles. The summed E-state index contributed by atoms with van der Waals surface area (Å²) in [6, 6.07) is 7.39. The number of aromatic nitrogens is 2. The minimum atomic E-state index is -0.549. The van der Waals surface area contributed by atoms with Crippen molar-refractivity contribution in [1.29, 1.82) is 0 Å². The molecule has 0 radical (unpaired) electrons. The van der Waals surface area contributed by atoms with Crippen LogP contribution in [-0.4, -0.2) is 38.4 Å². The SMILES string of the molecule is CN(Cc1cnn(C)c1)CC(O)c1ccc(C(N)=S)cc1. The van der Waals surface area contributed by atoms with Gasteiger partial charge >= 0.3 is 0 Å². The van der Waals surface area contributed by atoms with Crippen LogP contribution in [0, 0.1) is 0 Å². The molecule has 0 aliphatic rings. The summed E-state index contributed by atoms with van der Waals surface area (Å²) in [6.45, 7) is 1.29. The van der Waals surface area contributed by atoms with Gasteiger partial charge in [0.25, 0.3) is 0 Å². The molecule has 2 rings (SSSR count). The highest BCUT2D eigenvalue weighted by Crippen LogP contribution is 2.16. The number of nitrogens with zero attached hydrogens (tertiary/aromatic N) is 3. The van der Waals surface area contributed by atoms with E-state index in [0.717, 1.165) is 23.2 Å². The zero-order valence-electron chi connectivity index (χ0n) is 12.2. The summed E-state index contributed by atoms with van der Waals surface area (Å²) in [6.07, 6.45) is 3.26. The first-order valence-electron chi connectivity index (χ1n) is 6.69. The zero-order chi connectivity index (χ0) is 15.4. The third kappa shape index (κ3) is 4.35. The predicted octanol–water partition coefficient (Wildman–Crippen LogP) is 1.22. The van der Waals surface area contributed by atoms with Gasteiger partial charge in [-0.15, -0.1) is 0 Å². The molecule has 1 atom stereocenters. The molecule has 1 unspecified atom stereocenters. The van der Waals surface area contributed by atoms with Gasteiger partial charge in [-0.25, -0.2) is 0 Å². The van der Waals surface area contributed by atoms with Crippen LogP contribution in [0.4, 0.5) is 0 Å². The number of hydrogen-bond donors (Lipinski definition) is 2. The van der Waals surface area contributed by atoms with E-state index >= 15 is 0 Å². The summed E-state index contributed by atoms with van der Waals surface area (Å²) in [4.78, 5) is 2.42. The standard InChI is InChI=1S/C15H20N4OS/c1-18(8-11-7-17-19(2)9-11)10-14(20)12-3-5-13(6-4-12)15(16)21/h3-7,9,14,20H,8,10H2,1-2H3,(H2,16,21). The molecule has 0 spiro atoms. The van der Waals surface area contributed by atoms with Crippen LogP contribution in [0.3, 0.4) is 0 Å². The van der Waals surface area contributed by atoms with Crippen molar-refractivity contribution in [1.82, 2.24) is 14.7 Å². The van der Waals surface area contributed by atoms with Gasteiger partial charge in [0.05, 0.1) is 12.3 Å². The van der Waals surface area contributed by atoms with Crippen LogP contribution < -0.4 is 5.73 Å². The summed E-state index contributed by atoms with van der Waals surface area (Å²) >= 11 is 4.91. The molecule has 0 amide bonds. The third-order valence-electron chi connectivity index (χ3n) is 3.28. The van der Waals surface area contributed by atoms with Crippen molar-refractivity contribution in [3.05, 3.63) is 53.3 Å². The Kier molecular flexibility index (Phi) is 5.06. The van der Waals surface area contributed by atoms with Gasteiger partial charge in [-0.1, -0.05) is 36.5 Å². The Labute approximate surface area is 130 Å². The van der Waals surface area contributed by atoms with Crippen molar-refractivity contribution in [3.63, 3.8) is 0 Å². The summed E-state index contributed by atoms with van der Waals surface area (Å²) in [5.41, 5.74) is 8.35. The van der Waals surface area contributed by atoms with E-state index in [1.54, 1.807) is 4.68 Å². The van der Waals surface area contributed by atoms with Gasteiger partial charge in [0.1, 0.15) is 4.99 Å². The van der Waals surface area contributed by atoms with Crippen LogP contribution >= 0.6 is 12.2 Å². The Hall–Kier alpha value is -1.76. The number of benzene rings is 1. The molecule has 112 valence electrons. The molecule has 21 heavy (non-hydrogen) atoms. The maximum atomic E-state index is 10.3. The van der Waals surface area contributed by atoms with Crippen LogP contribution in [-0.2, 0) is 13.6 Å². The Balaban J connectivity index is 1.93. The molecule has 0 bridgehead atoms. The molecule has 5 nitrogen and oxygen atoms in total. The first-order valence-corrected chi connectivity index (χ1v) is 7.10. The lowest BCUT2D eigenvalue weighted by Crippen LogP contribution is -2.24. The largest absolute Gasteiger partial charge is 0.389 e. The van der Waals surface area contributed by atoms with Crippen LogP contribution in [0.25, 0.3) is 0 Å². The van der Waals surface area contributed by atoms with Gasteiger partial charge in [-0.05, 0) is 12.6 Å². The van der Waals surface area contributed by atoms with E-state index in [2.05, 4.69) is 10.00 Å². The molecular formula is C15H20N4OS. The van der Waals surface area contributed by atoms with Gasteiger partial charge < -0.3 is 10.8 Å². The second-order valence-electron chi connectivity index (χ2n) is 5.22. The molecular weight excluding hydrogens is 284 g/mol. The van der Waals surface area contributed by atoms with E-state index in [-0.39, 0.29) is 0 Å². The van der Waals surface area contributed by atoms with E-state index in [1.165, 1.54) is 0 Å². The maximum absolute atomic E-state index is 10.3. The van der Waals surface area contributed by atoms with Crippen LogP contribution in [0.2, 0.25) is 0 Å². The van der Waals surface area contributed by atoms with Crippen molar-refractivity contribution < 1.29 is 5.11 Å². The smallest absolute Gasteiger partial charge is 0.103 e. The second-order valence-corrected chi connectivity index (χ2v) is 5.66. The molecule has 0 aliphatic heterocycles. The molecule has 2 aromatic rings. The first kappa shape index (κ1) is 15.6. The number of hydrogen-bond acceptors (Lipinski definition) is 4. The number of rotatable bonds is 6. The van der Waals surface area contributed by atoms with E-state index in [9.17, 15) is 5.11 Å². The Morgan fingerprint density at radius 1 is 1.43 bits per heavy atom. The monoisotopic (exact) mass is 304 g/mol. The normalized spacial score (nSPS) is 12.6. The topological polar surface area (TPSA) is 67.3 Å². The van der Waals surface area contributed by atoms with E-state index < -0.39 is 6.10 Å². The van der Waals surface area contributed by atoms with Gasteiger partial charge in [0, 0.05) is 37.5 Å². The highest BCUT2D eigenvalue weighted by atomic mass is 32.1. The van der Waals surface area contributed by atoms with Crippen molar-refractivity contribution in [2.24, 2.45) is 12.8 Å². The van der Waals surface area contributed by atoms with Crippen LogP contribution in [0.1, 0.15) is 22.8 Å². The van der Waals surface area contributed by atoms with Crippen molar-refractivity contribution in [2.45, 2.75) is 12.6 Å². The highest BCUT2D eigenvalue weighted by Gasteiger charge is 2.12. The number of aliphatic hydroxyl groups is 1. The molecule has 6 heteroatoms. The lowest BCUT2D eigenvalue weighted by Gasteiger charge is -2.20. The highest BCUT2D eigenvalue weighted by molar-refractivity contribution is 7.80. The predicted molar refractivity (Wildman–Crippen MR) is 86.8 cm³/mol. The van der Waals surface area contributed by atoms with E-state index in [4.69, 9.17) is 18.0 Å². The van der Waals surface area contributed by atoms with Crippen molar-refractivity contribution in [2.75, 3.05) is 13.6 Å². The molecule has 0 fully saturated rings. The minimum absolute atomic E-state index is 0.365. The Morgan fingerprint density at radius 3 is 2.62 bits per heavy atom. The third-order valence-corrected chi connectivity index (χ3v) is 3.51. The van der Waals surface area contributed by atoms with Gasteiger partial charge in [-0.2, -0.15) is 5.10 Å². The van der Waals surface area contributed by atoms with Gasteiger partial charge in [-0.3, -0.25) is 9.58 Å². The molecule has 0 saturated heterocycles. The van der Waals surface area contributed by atoms with Crippen LogP contribution in [0.5, 0.6) is 0 Å². The van der Waals surface area contributed by atoms with Crippen molar-refractivity contribution >= 4 is 17.2 Å². The lowest BCUT2D eigenvalue weighted by molar-refractivity contribution is 0.124. The second kappa shape index (κ2) is 6.80. The minimum Gasteiger partial charge on any atom is -0.389 e. The van der Waals surface area contributed by atoms with Crippen LogP contribution in [0.15, 0.2) is 36.7 Å². The van der Waals surface area contributed by atoms with Gasteiger partial charge in [0.2, 0.25) is 0 Å². The maximum Gasteiger partial charge on any atom is 0.103 e. The molecule has 3 N–H and O–H groups in total. The average Bonchev–Trinajstić information content (AvgIpc) is 2.83. The summed E-state index contributed by atoms with van der Waals surface area (Å²) in [5.74, 6) is 0. The van der Waals surface area contributed by atoms with Crippen molar-refractivity contribution in [3.8, 4) is 0 Å². The number of nitrogens with two attached hydrogens (primary N) is 1. The fourth-order valence-electron chi connectivity index (χ4n) is 2.20. The number of aliphatic hydroxyl groups excluding tert-OH is 1. The Morgan fingerprint density at radius 2 is 2.10 bits per heavy atom. The van der Waals surface area contributed by atoms with E-state index in [0.29, 0.717) is 11.5 Å². The fourth-order valence-corrected chi connectivity index (χ4v) is 2.34. The Bertz CT molecular complexity index is 608. The molecule has 0 saturated carbocycles. The van der Waals surface area contributed by atoms with Gasteiger partial charge in [0.15, 0.2) is 0 Å². The van der Waals surface area contributed by atoms with E-state index in [1.807, 2.05) is 50.8 Å². The lowest BCUT2D eigenvalue weighted by atomic mass is 10.1. The average molecular weight is 304 g/mol. The molecule has 1 aromatic carbocycles. The zero-order valence-corrected chi connectivity index (χ0v) is 13.0. The summed E-state index contributed by atoms with van der Waals surface area (Å²) in [7, 11) is 3.86. The number of thiocarbonyl (C=S) groups is 1.